The molecule has 1 aliphatic heterocycles. The van der Waals surface area contributed by atoms with Crippen LogP contribution in [0.15, 0.2) is 203 Å². The van der Waals surface area contributed by atoms with Gasteiger partial charge in [0.15, 0.2) is 31.7 Å². The van der Waals surface area contributed by atoms with E-state index >= 15 is 0 Å². The summed E-state index contributed by atoms with van der Waals surface area (Å²) in [5, 5.41) is 23.1. The number of aromatic nitrogens is 15. The molecule has 4 fully saturated rings. The summed E-state index contributed by atoms with van der Waals surface area (Å²) in [7, 11) is -4.05. The van der Waals surface area contributed by atoms with E-state index in [9.17, 15) is 79.7 Å². The van der Waals surface area contributed by atoms with Crippen LogP contribution in [0.1, 0.15) is 159 Å². The number of aryl methyl sites for hydroxylation is 3. The molecule has 0 N–H and O–H groups in total. The second-order valence-corrected chi connectivity index (χ2v) is 42.9. The van der Waals surface area contributed by atoms with Crippen LogP contribution in [0.2, 0.25) is 0 Å². The number of imidazole rings is 1. The predicted octanol–water partition coefficient (Wildman–Crippen LogP) is 16.7. The molecule has 135 heavy (non-hydrogen) atoms. The molecule has 0 bridgehead atoms. The summed E-state index contributed by atoms with van der Waals surface area (Å²) in [6.07, 6.45) is 9.65. The Labute approximate surface area is 773 Å². The molecule has 10 heterocycles. The van der Waals surface area contributed by atoms with Gasteiger partial charge in [-0.15, -0.1) is 11.3 Å². The third-order valence-corrected chi connectivity index (χ3v) is 33.6. The molecular formula is C94H92F12N18O7S4. The van der Waals surface area contributed by atoms with Gasteiger partial charge in [-0.3, -0.25) is 33.7 Å². The lowest BCUT2D eigenvalue weighted by atomic mass is 9.60. The SMILES string of the molecule is C=S(=O)(c1ccn(C)n1)N(C1COC1)[C@H]1CCC2=Cc3c(cnn3-c3ccc(F)cc3)C[C@]2(C(=O)c2cc(C(F)(F)F)ccn2)C1.C=S(=O)(c1ccn(C)n1)N(CC(C)C)[C@H]1CCC2=Cc3c(cnn3-c3ccc(F)cc3)C[C@]2(C(=O)c2ncc(C(F)(F)F)s2)C1.C=S(=O)(c1cn(C)cn1)N(CC)[C@H]1CCC2=Cc3c(cnn3-c3ccc(F)cc3)C[C@]2(C(=O)c2cc(C(F)(F)F)ccn2)C1. The van der Waals surface area contributed by atoms with E-state index in [4.69, 9.17) is 4.74 Å². The zero-order valence-electron chi connectivity index (χ0n) is 73.8. The minimum Gasteiger partial charge on any atom is -0.378 e. The van der Waals surface area contributed by atoms with Crippen molar-refractivity contribution < 1.29 is 84.4 Å². The first kappa shape index (κ1) is 94.9. The number of thiazole rings is 1. The molecule has 0 spiro atoms. The highest BCUT2D eigenvalue weighted by atomic mass is 32.2. The summed E-state index contributed by atoms with van der Waals surface area (Å²) in [6.45, 7) is 7.26. The van der Waals surface area contributed by atoms with Crippen molar-refractivity contribution >= 4 is 93.6 Å². The summed E-state index contributed by atoms with van der Waals surface area (Å²) in [5.41, 5.74) is 2.04. The fourth-order valence-corrected chi connectivity index (χ4v) is 26.4. The second kappa shape index (κ2) is 36.0. The van der Waals surface area contributed by atoms with E-state index in [2.05, 4.69) is 63.0 Å². The van der Waals surface area contributed by atoms with Crippen molar-refractivity contribution in [1.82, 2.24) is 86.3 Å². The van der Waals surface area contributed by atoms with Crippen LogP contribution in [0.3, 0.4) is 0 Å². The van der Waals surface area contributed by atoms with Crippen LogP contribution >= 0.6 is 11.3 Å². The summed E-state index contributed by atoms with van der Waals surface area (Å²) < 4.78 is 228. The van der Waals surface area contributed by atoms with Gasteiger partial charge in [-0.2, -0.15) is 65.0 Å². The maximum Gasteiger partial charge on any atom is 0.427 e. The zero-order valence-corrected chi connectivity index (χ0v) is 77.1. The number of hydrogen-bond donors (Lipinski definition) is 0. The number of fused-ring (bicyclic) bond motifs is 6. The van der Waals surface area contributed by atoms with Gasteiger partial charge in [0, 0.05) is 83.3 Å². The van der Waals surface area contributed by atoms with Gasteiger partial charge >= 0.3 is 18.5 Å². The lowest BCUT2D eigenvalue weighted by molar-refractivity contribution is -0.138. The number of ketones is 3. The molecule has 19 rings (SSSR count). The number of carbonyl (C=O) groups is 3. The molecular weight excluding hydrogens is 1850 g/mol. The van der Waals surface area contributed by atoms with Crippen LogP contribution in [0.25, 0.3) is 35.3 Å². The number of benzene rings is 3. The van der Waals surface area contributed by atoms with E-state index < -0.39 is 127 Å². The van der Waals surface area contributed by atoms with Crippen molar-refractivity contribution in [3.8, 4) is 17.1 Å². The Bertz CT molecular complexity index is 7050. The first-order valence-electron chi connectivity index (χ1n) is 43.2. The highest BCUT2D eigenvalue weighted by Crippen LogP contribution is 2.57. The molecule has 41 heteroatoms. The number of allylic oxidation sites excluding steroid dienone is 3. The number of pyridine rings is 2. The summed E-state index contributed by atoms with van der Waals surface area (Å²) in [4.78, 5) is 59.1. The van der Waals surface area contributed by atoms with Crippen molar-refractivity contribution in [3.63, 3.8) is 0 Å². The van der Waals surface area contributed by atoms with Crippen molar-refractivity contribution in [2.24, 2.45) is 43.3 Å². The minimum absolute atomic E-state index is 0.0973. The van der Waals surface area contributed by atoms with E-state index in [1.807, 2.05) is 47.6 Å². The molecule has 708 valence electrons. The van der Waals surface area contributed by atoms with E-state index in [0.29, 0.717) is 137 Å². The quantitative estimate of drug-likeness (QED) is 0.0347. The molecule has 0 radical (unpaired) electrons. The largest absolute Gasteiger partial charge is 0.427 e. The van der Waals surface area contributed by atoms with Crippen molar-refractivity contribution in [2.45, 2.75) is 156 Å². The molecule has 9 atom stereocenters. The molecule has 1 saturated heterocycles. The number of hydrogen-bond acceptors (Lipinski definition) is 17. The Morgan fingerprint density at radius 1 is 0.504 bits per heavy atom. The topological polar surface area (TPSA) is 267 Å². The number of halogens is 12. The average Bonchev–Trinajstić information content (AvgIpc) is 1.71. The Hall–Kier alpha value is -11.9. The normalized spacial score (nSPS) is 21.9. The second-order valence-electron chi connectivity index (χ2n) is 35.4. The van der Waals surface area contributed by atoms with Crippen LogP contribution in [0, 0.1) is 39.6 Å². The Morgan fingerprint density at radius 3 is 1.27 bits per heavy atom. The first-order chi connectivity index (χ1) is 63.9. The lowest BCUT2D eigenvalue weighted by Crippen LogP contribution is -2.59. The number of nitrogens with zero attached hydrogens (tertiary/aromatic N) is 18. The first-order valence-corrected chi connectivity index (χ1v) is 49.1. The van der Waals surface area contributed by atoms with Gasteiger partial charge in [-0.05, 0) is 245 Å². The standard InChI is InChI=1S/C32H30F4N6O3S.C31H32F4N6O2S2.C31H30F4N6O2S/c1-40-12-10-29(39-40)46(2,44)42(26-18-45-19-26)25-6-3-21-14-28-20(17-38-41(28)24-7-4-23(33)5-8-24)15-31(21,16-25)30(43)27-13-22(9-11-37-27)32(34,35)36;1-19(2)18-40(45(4,43)27-11-12-39(3)38-27)24-8-5-21-13-25-20(16-37-41(25)23-9-6-22(32)7-10-23)14-30(21,15-24)28(42)29-36-17-26(44-29)31(33,34)35;1-4-40(44(3,43)28-18-39(2)19-37-28)25-8-5-21-14-27-20(17-38-41(27)24-9-6-23(32)7-10-24)15-30(21,16-25)29(42)26-13-22(11-12-36-26)31(33,34)35/h4-5,7-14,17,25-26H,2-3,6,15-16,18-19H2,1H3;6-7,9-13,16-17,19,24H,4-5,8,14-15,18H2,1-3H3;6-7,9-14,17-19,25H,3-5,8,15-16H2,1-2H3/t25-,31-,46?;24-,30-,45?;25-,30-,44?/m000/s1. The van der Waals surface area contributed by atoms with Crippen LogP contribution in [0.5, 0.6) is 0 Å². The molecule has 3 saturated carbocycles. The van der Waals surface area contributed by atoms with Crippen molar-refractivity contribution in [3.05, 3.63) is 272 Å². The molecule has 25 nitrogen and oxygen atoms in total. The van der Waals surface area contributed by atoms with E-state index in [-0.39, 0.29) is 72.7 Å². The van der Waals surface area contributed by atoms with Gasteiger partial charge in [-0.25, -0.2) is 62.7 Å². The average molecular weight is 1940 g/mol. The zero-order chi connectivity index (χ0) is 96.2. The van der Waals surface area contributed by atoms with E-state index in [1.54, 1.807) is 145 Å². The molecule has 9 aromatic heterocycles. The van der Waals surface area contributed by atoms with Crippen LogP contribution in [-0.4, -0.2) is 184 Å². The Morgan fingerprint density at radius 2 is 0.904 bits per heavy atom. The van der Waals surface area contributed by atoms with Gasteiger partial charge in [-0.1, -0.05) is 37.5 Å². The van der Waals surface area contributed by atoms with E-state index in [0.717, 1.165) is 64.6 Å². The Balaban J connectivity index is 0.000000141. The minimum atomic E-state index is -4.66. The summed E-state index contributed by atoms with van der Waals surface area (Å²) >= 11 is 0.338. The number of rotatable bonds is 22. The van der Waals surface area contributed by atoms with Crippen molar-refractivity contribution in [1.29, 1.82) is 0 Å². The third-order valence-electron chi connectivity index (χ3n) is 26.2. The molecule has 12 aromatic rings. The van der Waals surface area contributed by atoms with E-state index in [1.165, 1.54) is 36.4 Å². The number of ether oxygens (including phenoxy) is 1. The number of carbonyl (C=O) groups excluding carboxylic acids is 3. The molecule has 7 aliphatic rings. The van der Waals surface area contributed by atoms with Crippen LogP contribution in [0.4, 0.5) is 52.7 Å². The highest BCUT2D eigenvalue weighted by molar-refractivity contribution is 7.98. The summed E-state index contributed by atoms with van der Waals surface area (Å²) in [5.74, 6) is 9.63. The van der Waals surface area contributed by atoms with Gasteiger partial charge in [0.1, 0.15) is 33.7 Å². The van der Waals surface area contributed by atoms with Gasteiger partial charge in [0.25, 0.3) is 0 Å². The lowest BCUT2D eigenvalue weighted by Gasteiger charge is -2.50. The maximum absolute atomic E-state index is 14.6. The maximum atomic E-state index is 14.6. The summed E-state index contributed by atoms with van der Waals surface area (Å²) in [6, 6.07) is 22.7. The fraction of sp³-hybridized carbons (Fsp3) is 0.351. The highest BCUT2D eigenvalue weighted by Gasteiger charge is 2.57. The molecule has 6 aliphatic carbocycles. The van der Waals surface area contributed by atoms with Gasteiger partial charge < -0.3 is 9.30 Å². The third kappa shape index (κ3) is 18.1. The fourth-order valence-electron chi connectivity index (χ4n) is 19.7. The van der Waals surface area contributed by atoms with Gasteiger partial charge in [0.05, 0.1) is 141 Å². The van der Waals surface area contributed by atoms with Crippen molar-refractivity contribution in [2.75, 3.05) is 26.3 Å². The monoisotopic (exact) mass is 1940 g/mol. The molecule has 3 aromatic carbocycles. The van der Waals surface area contributed by atoms with Crippen LogP contribution < -0.4 is 0 Å². The molecule has 3 unspecified atom stereocenters. The molecule has 0 amide bonds. The van der Waals surface area contributed by atoms with Gasteiger partial charge in [0.2, 0.25) is 5.78 Å². The number of alkyl halides is 9. The predicted molar refractivity (Wildman–Crippen MR) is 485 cm³/mol. The smallest absolute Gasteiger partial charge is 0.378 e. The number of Topliss-reactive ketones (excluding diaryl/α,β-unsaturated/α-hetero) is 3. The van der Waals surface area contributed by atoms with Crippen LogP contribution in [-0.2, 0) is 92.8 Å². The Kier molecular flexibility index (Phi) is 25.3.